The molecule has 1 saturated heterocycles. The number of carbonyl (C=O) groups excluding carboxylic acids is 1. The first-order valence-corrected chi connectivity index (χ1v) is 7.15. The lowest BCUT2D eigenvalue weighted by molar-refractivity contribution is -0.123. The molecule has 0 bridgehead atoms. The molecule has 1 aromatic carbocycles. The molecule has 0 unspecified atom stereocenters. The number of para-hydroxylation sites is 1. The third-order valence-corrected chi connectivity index (χ3v) is 3.42. The third kappa shape index (κ3) is 4.83. The predicted molar refractivity (Wildman–Crippen MR) is 78.9 cm³/mol. The summed E-state index contributed by atoms with van der Waals surface area (Å²) in [7, 11) is 0. The number of nitrogens with one attached hydrogen (secondary N) is 2. The molecule has 5 heteroatoms. The molecular weight excluding hydrogens is 254 g/mol. The van der Waals surface area contributed by atoms with E-state index in [0.29, 0.717) is 25.7 Å². The first-order valence-electron chi connectivity index (χ1n) is 7.15. The van der Waals surface area contributed by atoms with Gasteiger partial charge in [-0.3, -0.25) is 9.69 Å². The van der Waals surface area contributed by atoms with Crippen molar-refractivity contribution in [1.82, 2.24) is 15.5 Å². The van der Waals surface area contributed by atoms with Crippen molar-refractivity contribution in [2.24, 2.45) is 0 Å². The summed E-state index contributed by atoms with van der Waals surface area (Å²) in [5.41, 5.74) is 0. The fourth-order valence-corrected chi connectivity index (χ4v) is 2.23. The lowest BCUT2D eigenvalue weighted by Crippen LogP contribution is -2.52. The first-order chi connectivity index (χ1) is 9.75. The molecule has 1 aliphatic rings. The molecule has 5 nitrogen and oxygen atoms in total. The number of hydrogen-bond donors (Lipinski definition) is 2. The van der Waals surface area contributed by atoms with Gasteiger partial charge in [-0.2, -0.15) is 0 Å². The van der Waals surface area contributed by atoms with Crippen LogP contribution in [0.1, 0.15) is 6.92 Å². The van der Waals surface area contributed by atoms with Crippen LogP contribution >= 0.6 is 0 Å². The minimum atomic E-state index is 0.0652. The zero-order valence-electron chi connectivity index (χ0n) is 12.0. The van der Waals surface area contributed by atoms with Gasteiger partial charge in [-0.25, -0.2) is 0 Å². The number of carbonyl (C=O) groups is 1. The summed E-state index contributed by atoms with van der Waals surface area (Å²) < 4.78 is 5.53. The van der Waals surface area contributed by atoms with Gasteiger partial charge < -0.3 is 15.4 Å². The van der Waals surface area contributed by atoms with Crippen molar-refractivity contribution in [1.29, 1.82) is 0 Å². The highest BCUT2D eigenvalue weighted by atomic mass is 16.5. The van der Waals surface area contributed by atoms with E-state index in [4.69, 9.17) is 4.74 Å². The fourth-order valence-electron chi connectivity index (χ4n) is 2.23. The van der Waals surface area contributed by atoms with Crippen molar-refractivity contribution in [3.63, 3.8) is 0 Å². The number of benzene rings is 1. The first kappa shape index (κ1) is 14.8. The standard InChI is InChI=1S/C15H23N3O2/c1-13-11-16-7-9-18(13)12-15(19)17-8-10-20-14-5-3-2-4-6-14/h2-6,13,16H,7-12H2,1H3,(H,17,19)/t13-/m0/s1. The Bertz CT molecular complexity index is 411. The van der Waals surface area contributed by atoms with Gasteiger partial charge >= 0.3 is 0 Å². The molecule has 1 aromatic rings. The third-order valence-electron chi connectivity index (χ3n) is 3.42. The molecule has 0 saturated carbocycles. The zero-order chi connectivity index (χ0) is 14.2. The number of hydrogen-bond acceptors (Lipinski definition) is 4. The molecule has 110 valence electrons. The van der Waals surface area contributed by atoms with E-state index in [-0.39, 0.29) is 5.91 Å². The van der Waals surface area contributed by atoms with Gasteiger partial charge in [-0.1, -0.05) is 18.2 Å². The molecule has 1 aliphatic heterocycles. The molecule has 2 rings (SSSR count). The second-order valence-corrected chi connectivity index (χ2v) is 5.04. The van der Waals surface area contributed by atoms with Crippen LogP contribution in [0.5, 0.6) is 5.75 Å². The second kappa shape index (κ2) is 7.87. The van der Waals surface area contributed by atoms with E-state index < -0.39 is 0 Å². The van der Waals surface area contributed by atoms with Gasteiger partial charge in [0.15, 0.2) is 0 Å². The number of nitrogens with zero attached hydrogens (tertiary/aromatic N) is 1. The molecule has 1 heterocycles. The van der Waals surface area contributed by atoms with E-state index >= 15 is 0 Å². The minimum absolute atomic E-state index is 0.0652. The number of rotatable bonds is 6. The Labute approximate surface area is 120 Å². The fraction of sp³-hybridized carbons (Fsp3) is 0.533. The van der Waals surface area contributed by atoms with Crippen LogP contribution in [0.4, 0.5) is 0 Å². The Morgan fingerprint density at radius 1 is 1.45 bits per heavy atom. The van der Waals surface area contributed by atoms with Gasteiger partial charge in [0, 0.05) is 25.7 Å². The summed E-state index contributed by atoms with van der Waals surface area (Å²) >= 11 is 0. The SMILES string of the molecule is C[C@H]1CNCCN1CC(=O)NCCOc1ccccc1. The molecule has 0 radical (unpaired) electrons. The van der Waals surface area contributed by atoms with E-state index in [1.54, 1.807) is 0 Å². The van der Waals surface area contributed by atoms with E-state index in [1.165, 1.54) is 0 Å². The number of amides is 1. The van der Waals surface area contributed by atoms with Crippen molar-refractivity contribution >= 4 is 5.91 Å². The Morgan fingerprint density at radius 3 is 3.00 bits per heavy atom. The molecule has 0 aromatic heterocycles. The summed E-state index contributed by atoms with van der Waals surface area (Å²) in [5.74, 6) is 0.896. The van der Waals surface area contributed by atoms with Gasteiger partial charge in [-0.05, 0) is 19.1 Å². The highest BCUT2D eigenvalue weighted by Gasteiger charge is 2.19. The lowest BCUT2D eigenvalue weighted by Gasteiger charge is -2.33. The number of ether oxygens (including phenoxy) is 1. The maximum atomic E-state index is 11.8. The quantitative estimate of drug-likeness (QED) is 0.743. The van der Waals surface area contributed by atoms with Crippen molar-refractivity contribution in [2.75, 3.05) is 39.3 Å². The molecule has 0 aliphatic carbocycles. The highest BCUT2D eigenvalue weighted by molar-refractivity contribution is 5.78. The van der Waals surface area contributed by atoms with Crippen molar-refractivity contribution in [3.05, 3.63) is 30.3 Å². The van der Waals surface area contributed by atoms with E-state index in [9.17, 15) is 4.79 Å². The lowest BCUT2D eigenvalue weighted by atomic mass is 10.2. The predicted octanol–water partition coefficient (Wildman–Crippen LogP) is 0.475. The maximum Gasteiger partial charge on any atom is 0.234 e. The maximum absolute atomic E-state index is 11.8. The van der Waals surface area contributed by atoms with Gasteiger partial charge in [0.25, 0.3) is 0 Å². The van der Waals surface area contributed by atoms with Crippen LogP contribution in [0.2, 0.25) is 0 Å². The molecular formula is C15H23N3O2. The zero-order valence-corrected chi connectivity index (χ0v) is 12.0. The smallest absolute Gasteiger partial charge is 0.234 e. The summed E-state index contributed by atoms with van der Waals surface area (Å²) in [6, 6.07) is 10.0. The molecule has 20 heavy (non-hydrogen) atoms. The van der Waals surface area contributed by atoms with Crippen molar-refractivity contribution in [2.45, 2.75) is 13.0 Å². The monoisotopic (exact) mass is 277 g/mol. The van der Waals surface area contributed by atoms with Crippen molar-refractivity contribution in [3.8, 4) is 5.75 Å². The largest absolute Gasteiger partial charge is 0.492 e. The van der Waals surface area contributed by atoms with E-state index in [1.807, 2.05) is 30.3 Å². The van der Waals surface area contributed by atoms with Gasteiger partial charge in [0.1, 0.15) is 12.4 Å². The molecule has 2 N–H and O–H groups in total. The normalized spacial score (nSPS) is 19.6. The van der Waals surface area contributed by atoms with Crippen LogP contribution in [-0.4, -0.2) is 56.2 Å². The average molecular weight is 277 g/mol. The molecule has 1 atom stereocenters. The Hall–Kier alpha value is -1.59. The summed E-state index contributed by atoms with van der Waals surface area (Å²) in [4.78, 5) is 14.0. The topological polar surface area (TPSA) is 53.6 Å². The average Bonchev–Trinajstić information content (AvgIpc) is 2.47. The van der Waals surface area contributed by atoms with Crippen LogP contribution in [-0.2, 0) is 4.79 Å². The molecule has 1 amide bonds. The molecule has 1 fully saturated rings. The minimum Gasteiger partial charge on any atom is -0.492 e. The van der Waals surface area contributed by atoms with E-state index in [2.05, 4.69) is 22.5 Å². The van der Waals surface area contributed by atoms with Crippen LogP contribution in [0.3, 0.4) is 0 Å². The molecule has 0 spiro atoms. The van der Waals surface area contributed by atoms with Crippen LogP contribution in [0.25, 0.3) is 0 Å². The summed E-state index contributed by atoms with van der Waals surface area (Å²) in [6.07, 6.45) is 0. The Balaban J connectivity index is 1.60. The van der Waals surface area contributed by atoms with Gasteiger partial charge in [0.2, 0.25) is 5.91 Å². The number of piperazine rings is 1. The second-order valence-electron chi connectivity index (χ2n) is 5.04. The van der Waals surface area contributed by atoms with Crippen molar-refractivity contribution < 1.29 is 9.53 Å². The highest BCUT2D eigenvalue weighted by Crippen LogP contribution is 2.07. The summed E-state index contributed by atoms with van der Waals surface area (Å²) in [5, 5.41) is 6.21. The van der Waals surface area contributed by atoms with E-state index in [0.717, 1.165) is 25.4 Å². The Kier molecular flexibility index (Phi) is 5.83. The van der Waals surface area contributed by atoms with Crippen LogP contribution in [0.15, 0.2) is 30.3 Å². The van der Waals surface area contributed by atoms with Crippen LogP contribution in [0, 0.1) is 0 Å². The summed E-state index contributed by atoms with van der Waals surface area (Å²) in [6.45, 7) is 6.46. The van der Waals surface area contributed by atoms with Crippen LogP contribution < -0.4 is 15.4 Å². The van der Waals surface area contributed by atoms with Gasteiger partial charge in [0.05, 0.1) is 13.1 Å². The van der Waals surface area contributed by atoms with Gasteiger partial charge in [-0.15, -0.1) is 0 Å². The Morgan fingerprint density at radius 2 is 2.25 bits per heavy atom.